The molecule has 0 radical (unpaired) electrons. The Hall–Kier alpha value is -2.86. The fourth-order valence-electron chi connectivity index (χ4n) is 1.95. The molecule has 1 aromatic carbocycles. The van der Waals surface area contributed by atoms with Crippen LogP contribution in [-0.2, 0) is 11.3 Å². The molecule has 0 saturated heterocycles. The number of nitrogens with one attached hydrogen (secondary N) is 1. The standard InChI is InChI=1S/C16H11ClN2O4/c17-12-5-2-1-4-11(12)14-8-10(19-23-14)9-18-16(21)15(20)13-6-3-7-22-13/h1-8H,9H2,(H,18,21). The summed E-state index contributed by atoms with van der Waals surface area (Å²) in [7, 11) is 0. The summed E-state index contributed by atoms with van der Waals surface area (Å²) >= 11 is 6.08. The van der Waals surface area contributed by atoms with Crippen LogP contribution >= 0.6 is 11.6 Å². The van der Waals surface area contributed by atoms with Crippen molar-refractivity contribution in [1.82, 2.24) is 10.5 Å². The summed E-state index contributed by atoms with van der Waals surface area (Å²) < 4.78 is 10.1. The van der Waals surface area contributed by atoms with E-state index in [-0.39, 0.29) is 12.3 Å². The van der Waals surface area contributed by atoms with Crippen LogP contribution in [0.3, 0.4) is 0 Å². The number of halogens is 1. The van der Waals surface area contributed by atoms with Crippen molar-refractivity contribution < 1.29 is 18.5 Å². The normalized spacial score (nSPS) is 10.5. The van der Waals surface area contributed by atoms with Gasteiger partial charge in [-0.25, -0.2) is 0 Å². The number of furan rings is 1. The van der Waals surface area contributed by atoms with Crippen molar-refractivity contribution in [3.63, 3.8) is 0 Å². The Bertz CT molecular complexity index is 839. The maximum atomic E-state index is 11.7. The van der Waals surface area contributed by atoms with Crippen LogP contribution in [0.25, 0.3) is 11.3 Å². The summed E-state index contributed by atoms with van der Waals surface area (Å²) in [6.45, 7) is 0.0548. The van der Waals surface area contributed by atoms with Gasteiger partial charge in [0.25, 0.3) is 11.7 Å². The lowest BCUT2D eigenvalue weighted by atomic mass is 10.1. The second-order valence-corrected chi connectivity index (χ2v) is 5.06. The molecule has 0 aliphatic heterocycles. The first-order chi connectivity index (χ1) is 11.1. The number of nitrogens with zero attached hydrogens (tertiary/aromatic N) is 1. The molecule has 1 amide bonds. The van der Waals surface area contributed by atoms with Gasteiger partial charge in [0.05, 0.1) is 17.8 Å². The van der Waals surface area contributed by atoms with Crippen LogP contribution in [0.2, 0.25) is 5.02 Å². The number of carbonyl (C=O) groups is 2. The summed E-state index contributed by atoms with van der Waals surface area (Å²) in [6, 6.07) is 11.8. The predicted molar refractivity (Wildman–Crippen MR) is 81.8 cm³/mol. The Morgan fingerprint density at radius 1 is 1.17 bits per heavy atom. The van der Waals surface area contributed by atoms with E-state index in [1.54, 1.807) is 18.2 Å². The summed E-state index contributed by atoms with van der Waals surface area (Å²) in [5.41, 5.74) is 1.17. The topological polar surface area (TPSA) is 85.3 Å². The average Bonchev–Trinajstić information content (AvgIpc) is 3.24. The van der Waals surface area contributed by atoms with Crippen molar-refractivity contribution in [1.29, 1.82) is 0 Å². The van der Waals surface area contributed by atoms with Gasteiger partial charge < -0.3 is 14.3 Å². The number of benzene rings is 1. The minimum atomic E-state index is -0.776. The first-order valence-corrected chi connectivity index (χ1v) is 7.09. The molecule has 116 valence electrons. The lowest BCUT2D eigenvalue weighted by Gasteiger charge is -1.99. The molecule has 1 N–H and O–H groups in total. The third-order valence-electron chi connectivity index (χ3n) is 3.08. The third kappa shape index (κ3) is 3.32. The average molecular weight is 331 g/mol. The Kier molecular flexibility index (Phi) is 4.25. The molecule has 23 heavy (non-hydrogen) atoms. The van der Waals surface area contributed by atoms with Crippen molar-refractivity contribution >= 4 is 23.3 Å². The number of carbonyl (C=O) groups excluding carboxylic acids is 2. The van der Waals surface area contributed by atoms with Crippen molar-refractivity contribution in [2.45, 2.75) is 6.54 Å². The second kappa shape index (κ2) is 6.50. The minimum Gasteiger partial charge on any atom is -0.461 e. The van der Waals surface area contributed by atoms with Gasteiger partial charge in [-0.2, -0.15) is 0 Å². The number of amides is 1. The molecule has 0 spiro atoms. The molecule has 3 aromatic rings. The van der Waals surface area contributed by atoms with Crippen molar-refractivity contribution in [3.05, 3.63) is 65.2 Å². The van der Waals surface area contributed by atoms with Gasteiger partial charge in [-0.05, 0) is 24.3 Å². The molecule has 7 heteroatoms. The van der Waals surface area contributed by atoms with Gasteiger partial charge in [-0.15, -0.1) is 0 Å². The van der Waals surface area contributed by atoms with Gasteiger partial charge in [0.1, 0.15) is 5.69 Å². The van der Waals surface area contributed by atoms with Gasteiger partial charge in [0.15, 0.2) is 11.5 Å². The minimum absolute atomic E-state index is 0.0144. The zero-order chi connectivity index (χ0) is 16.2. The molecule has 0 fully saturated rings. The number of hydrogen-bond acceptors (Lipinski definition) is 5. The Morgan fingerprint density at radius 3 is 2.74 bits per heavy atom. The van der Waals surface area contributed by atoms with Crippen LogP contribution in [0.4, 0.5) is 0 Å². The number of aromatic nitrogens is 1. The fourth-order valence-corrected chi connectivity index (χ4v) is 2.18. The van der Waals surface area contributed by atoms with E-state index >= 15 is 0 Å². The summed E-state index contributed by atoms with van der Waals surface area (Å²) in [5.74, 6) is -1.05. The highest BCUT2D eigenvalue weighted by molar-refractivity contribution is 6.42. The van der Waals surface area contributed by atoms with E-state index < -0.39 is 11.7 Å². The van der Waals surface area contributed by atoms with Crippen LogP contribution in [0.5, 0.6) is 0 Å². The SMILES string of the molecule is O=C(NCc1cc(-c2ccccc2Cl)on1)C(=O)c1ccco1. The largest absolute Gasteiger partial charge is 0.461 e. The Balaban J connectivity index is 1.65. The van der Waals surface area contributed by atoms with Crippen LogP contribution in [0, 0.1) is 0 Å². The smallest absolute Gasteiger partial charge is 0.296 e. The Morgan fingerprint density at radius 2 is 2.00 bits per heavy atom. The van der Waals surface area contributed by atoms with E-state index in [2.05, 4.69) is 10.5 Å². The van der Waals surface area contributed by atoms with Crippen molar-refractivity contribution in [2.24, 2.45) is 0 Å². The van der Waals surface area contributed by atoms with Crippen molar-refractivity contribution in [3.8, 4) is 11.3 Å². The van der Waals surface area contributed by atoms with E-state index in [1.165, 1.54) is 18.4 Å². The van der Waals surface area contributed by atoms with E-state index in [4.69, 9.17) is 20.5 Å². The molecule has 3 rings (SSSR count). The molecular weight excluding hydrogens is 320 g/mol. The molecule has 0 aliphatic carbocycles. The monoisotopic (exact) mass is 330 g/mol. The summed E-state index contributed by atoms with van der Waals surface area (Å²) in [6.07, 6.45) is 1.33. The zero-order valence-electron chi connectivity index (χ0n) is 11.8. The fraction of sp³-hybridized carbons (Fsp3) is 0.0625. The van der Waals surface area contributed by atoms with Gasteiger partial charge in [-0.1, -0.05) is 28.9 Å². The van der Waals surface area contributed by atoms with Crippen molar-refractivity contribution in [2.75, 3.05) is 0 Å². The highest BCUT2D eigenvalue weighted by Crippen LogP contribution is 2.27. The van der Waals surface area contributed by atoms with E-state index in [0.29, 0.717) is 22.0 Å². The lowest BCUT2D eigenvalue weighted by Crippen LogP contribution is -2.30. The number of Topliss-reactive ketones (excluding diaryl/α,β-unsaturated/α-hetero) is 1. The molecule has 0 atom stereocenters. The van der Waals surface area contributed by atoms with Crippen LogP contribution in [0.1, 0.15) is 16.2 Å². The van der Waals surface area contributed by atoms with E-state index in [1.807, 2.05) is 12.1 Å². The lowest BCUT2D eigenvalue weighted by molar-refractivity contribution is -0.117. The molecule has 6 nitrogen and oxygen atoms in total. The maximum Gasteiger partial charge on any atom is 0.296 e. The van der Waals surface area contributed by atoms with E-state index in [0.717, 1.165) is 0 Å². The number of hydrogen-bond donors (Lipinski definition) is 1. The van der Waals surface area contributed by atoms with E-state index in [9.17, 15) is 9.59 Å². The second-order valence-electron chi connectivity index (χ2n) is 4.65. The first-order valence-electron chi connectivity index (χ1n) is 6.71. The van der Waals surface area contributed by atoms with Gasteiger partial charge in [0, 0.05) is 11.6 Å². The summed E-state index contributed by atoms with van der Waals surface area (Å²) in [5, 5.41) is 6.84. The molecule has 0 aliphatic rings. The first kappa shape index (κ1) is 15.1. The number of ketones is 1. The Labute approximate surface area is 136 Å². The van der Waals surface area contributed by atoms with Gasteiger partial charge in [0.2, 0.25) is 0 Å². The summed E-state index contributed by atoms with van der Waals surface area (Å²) in [4.78, 5) is 23.5. The highest BCUT2D eigenvalue weighted by atomic mass is 35.5. The van der Waals surface area contributed by atoms with Crippen LogP contribution in [-0.4, -0.2) is 16.8 Å². The molecule has 2 aromatic heterocycles. The highest BCUT2D eigenvalue weighted by Gasteiger charge is 2.19. The number of rotatable bonds is 5. The van der Waals surface area contributed by atoms with Gasteiger partial charge in [-0.3, -0.25) is 9.59 Å². The quantitative estimate of drug-likeness (QED) is 0.574. The molecule has 0 unspecified atom stereocenters. The third-order valence-corrected chi connectivity index (χ3v) is 3.41. The maximum absolute atomic E-state index is 11.7. The van der Waals surface area contributed by atoms with Gasteiger partial charge >= 0.3 is 0 Å². The predicted octanol–water partition coefficient (Wildman–Crippen LogP) is 3.09. The zero-order valence-corrected chi connectivity index (χ0v) is 12.5. The van der Waals surface area contributed by atoms with Crippen LogP contribution < -0.4 is 5.32 Å². The molecule has 2 heterocycles. The van der Waals surface area contributed by atoms with Crippen LogP contribution in [0.15, 0.2) is 57.7 Å². The molecular formula is C16H11ClN2O4. The molecule has 0 saturated carbocycles. The molecule has 0 bridgehead atoms.